The summed E-state index contributed by atoms with van der Waals surface area (Å²) in [5, 5.41) is 0. The molecule has 0 aromatic rings. The summed E-state index contributed by atoms with van der Waals surface area (Å²) < 4.78 is 6.25. The molecule has 2 saturated heterocycles. The van der Waals surface area contributed by atoms with E-state index in [2.05, 4.69) is 37.5 Å². The SMILES string of the molecule is CC.CC.CC.CC(C)CCCN1CCOC2(CCN(CC(C)C)CC2)C1. The first-order valence-corrected chi connectivity index (χ1v) is 12.1. The van der Waals surface area contributed by atoms with Crippen LogP contribution in [-0.4, -0.2) is 61.3 Å². The molecule has 3 nitrogen and oxygen atoms in total. The Kier molecular flexibility index (Phi) is 19.3. The lowest BCUT2D eigenvalue weighted by Crippen LogP contribution is -2.57. The smallest absolute Gasteiger partial charge is 0.0833 e. The van der Waals surface area contributed by atoms with Gasteiger partial charge in [-0.1, -0.05) is 69.2 Å². The first-order chi connectivity index (χ1) is 13.0. The first kappa shape index (κ1) is 29.1. The second-order valence-corrected chi connectivity index (χ2v) is 8.04. The van der Waals surface area contributed by atoms with Crippen LogP contribution in [0.4, 0.5) is 0 Å². The van der Waals surface area contributed by atoms with Crippen molar-refractivity contribution in [1.82, 2.24) is 9.80 Å². The highest BCUT2D eigenvalue weighted by molar-refractivity contribution is 4.93. The van der Waals surface area contributed by atoms with Crippen LogP contribution in [0.5, 0.6) is 0 Å². The molecule has 0 bridgehead atoms. The van der Waals surface area contributed by atoms with Gasteiger partial charge in [-0.05, 0) is 44.1 Å². The summed E-state index contributed by atoms with van der Waals surface area (Å²) in [6.07, 6.45) is 5.14. The van der Waals surface area contributed by atoms with Crippen molar-refractivity contribution >= 4 is 0 Å². The van der Waals surface area contributed by atoms with Gasteiger partial charge >= 0.3 is 0 Å². The van der Waals surface area contributed by atoms with Crippen molar-refractivity contribution in [2.45, 2.75) is 101 Å². The van der Waals surface area contributed by atoms with Gasteiger partial charge in [-0.3, -0.25) is 4.90 Å². The van der Waals surface area contributed by atoms with Crippen LogP contribution in [0.15, 0.2) is 0 Å². The van der Waals surface area contributed by atoms with Gasteiger partial charge in [-0.25, -0.2) is 0 Å². The summed E-state index contributed by atoms with van der Waals surface area (Å²) in [4.78, 5) is 5.28. The minimum Gasteiger partial charge on any atom is -0.372 e. The predicted octanol–water partition coefficient (Wildman–Crippen LogP) is 6.32. The van der Waals surface area contributed by atoms with E-state index in [0.717, 1.165) is 25.0 Å². The Morgan fingerprint density at radius 2 is 1.33 bits per heavy atom. The minimum absolute atomic E-state index is 0.170. The van der Waals surface area contributed by atoms with Crippen LogP contribution in [0.2, 0.25) is 0 Å². The van der Waals surface area contributed by atoms with Crippen LogP contribution in [0.25, 0.3) is 0 Å². The normalized spacial score (nSPS) is 19.6. The van der Waals surface area contributed by atoms with Gasteiger partial charge in [-0.2, -0.15) is 0 Å². The lowest BCUT2D eigenvalue weighted by molar-refractivity contribution is -0.136. The maximum Gasteiger partial charge on any atom is 0.0833 e. The third-order valence-electron chi connectivity index (χ3n) is 4.97. The fourth-order valence-electron chi connectivity index (χ4n) is 3.80. The number of rotatable bonds is 6. The van der Waals surface area contributed by atoms with Crippen LogP contribution >= 0.6 is 0 Å². The standard InChI is InChI=1S/C18H36N2O.3C2H6/c1-16(2)6-5-9-20-12-13-21-18(15-20)7-10-19(11-8-18)14-17(3)4;3*1-2/h16-17H,5-15H2,1-4H3;3*1-2H3. The molecule has 0 atom stereocenters. The van der Waals surface area contributed by atoms with E-state index in [0.29, 0.717) is 0 Å². The van der Waals surface area contributed by atoms with Crippen LogP contribution in [0, 0.1) is 11.8 Å². The number of hydrogen-bond acceptors (Lipinski definition) is 3. The van der Waals surface area contributed by atoms with Gasteiger partial charge in [0.15, 0.2) is 0 Å². The zero-order valence-electron chi connectivity index (χ0n) is 20.7. The number of morpholine rings is 1. The molecule has 2 aliphatic rings. The van der Waals surface area contributed by atoms with Crippen LogP contribution < -0.4 is 0 Å². The Labute approximate surface area is 173 Å². The lowest BCUT2D eigenvalue weighted by Gasteiger charge is -2.47. The van der Waals surface area contributed by atoms with Gasteiger partial charge in [0.1, 0.15) is 0 Å². The number of ether oxygens (including phenoxy) is 1. The molecule has 27 heavy (non-hydrogen) atoms. The summed E-state index contributed by atoms with van der Waals surface area (Å²) in [6, 6.07) is 0. The molecule has 2 heterocycles. The Morgan fingerprint density at radius 3 is 1.81 bits per heavy atom. The second-order valence-electron chi connectivity index (χ2n) is 8.04. The fourth-order valence-corrected chi connectivity index (χ4v) is 3.80. The summed E-state index contributed by atoms with van der Waals surface area (Å²) in [7, 11) is 0. The van der Waals surface area contributed by atoms with Crippen LogP contribution in [0.1, 0.15) is 94.9 Å². The maximum atomic E-state index is 6.25. The molecule has 0 amide bonds. The Bertz CT molecular complexity index is 297. The summed E-state index contributed by atoms with van der Waals surface area (Å²) in [5.41, 5.74) is 0.170. The van der Waals surface area contributed by atoms with Gasteiger partial charge in [0.2, 0.25) is 0 Å². The molecular formula is C24H54N2O. The molecule has 0 unspecified atom stereocenters. The minimum atomic E-state index is 0.170. The lowest BCUT2D eigenvalue weighted by atomic mass is 9.89. The molecule has 0 N–H and O–H groups in total. The molecule has 166 valence electrons. The zero-order chi connectivity index (χ0) is 21.3. The van der Waals surface area contributed by atoms with Crippen LogP contribution in [0.3, 0.4) is 0 Å². The molecule has 0 aromatic heterocycles. The average Bonchev–Trinajstić information content (AvgIpc) is 2.68. The molecule has 1 spiro atoms. The van der Waals surface area contributed by atoms with Gasteiger partial charge in [0.25, 0.3) is 0 Å². The van der Waals surface area contributed by atoms with Crippen LogP contribution in [-0.2, 0) is 4.74 Å². The van der Waals surface area contributed by atoms with Gasteiger partial charge in [-0.15, -0.1) is 0 Å². The van der Waals surface area contributed by atoms with Gasteiger partial charge < -0.3 is 9.64 Å². The van der Waals surface area contributed by atoms with Crippen molar-refractivity contribution in [2.75, 3.05) is 45.9 Å². The molecular weight excluding hydrogens is 332 g/mol. The maximum absolute atomic E-state index is 6.25. The number of nitrogens with zero attached hydrogens (tertiary/aromatic N) is 2. The molecule has 3 heteroatoms. The van der Waals surface area contributed by atoms with E-state index in [1.807, 2.05) is 41.5 Å². The van der Waals surface area contributed by atoms with Crippen molar-refractivity contribution < 1.29 is 4.74 Å². The average molecular weight is 387 g/mol. The Balaban J connectivity index is 0. The van der Waals surface area contributed by atoms with Crippen molar-refractivity contribution in [1.29, 1.82) is 0 Å². The van der Waals surface area contributed by atoms with E-state index in [9.17, 15) is 0 Å². The largest absolute Gasteiger partial charge is 0.372 e. The van der Waals surface area contributed by atoms with E-state index in [1.54, 1.807) is 0 Å². The molecule has 0 radical (unpaired) electrons. The Morgan fingerprint density at radius 1 is 0.778 bits per heavy atom. The van der Waals surface area contributed by atoms with Gasteiger partial charge in [0.05, 0.1) is 12.2 Å². The molecule has 2 fully saturated rings. The second kappa shape index (κ2) is 17.9. The number of piperidine rings is 1. The first-order valence-electron chi connectivity index (χ1n) is 12.1. The number of hydrogen-bond donors (Lipinski definition) is 0. The highest BCUT2D eigenvalue weighted by Crippen LogP contribution is 2.30. The van der Waals surface area contributed by atoms with E-state index in [4.69, 9.17) is 4.74 Å². The monoisotopic (exact) mass is 386 g/mol. The molecule has 0 aliphatic carbocycles. The van der Waals surface area contributed by atoms with Crippen molar-refractivity contribution in [2.24, 2.45) is 11.8 Å². The quantitative estimate of drug-likeness (QED) is 0.531. The summed E-state index contributed by atoms with van der Waals surface area (Å²) in [5.74, 6) is 1.61. The van der Waals surface area contributed by atoms with Crippen molar-refractivity contribution in [3.63, 3.8) is 0 Å². The van der Waals surface area contributed by atoms with Crippen molar-refractivity contribution in [3.8, 4) is 0 Å². The third kappa shape index (κ3) is 12.9. The molecule has 0 aromatic carbocycles. The molecule has 2 rings (SSSR count). The van der Waals surface area contributed by atoms with E-state index < -0.39 is 0 Å². The zero-order valence-corrected chi connectivity index (χ0v) is 20.7. The van der Waals surface area contributed by atoms with E-state index >= 15 is 0 Å². The highest BCUT2D eigenvalue weighted by atomic mass is 16.5. The molecule has 2 aliphatic heterocycles. The topological polar surface area (TPSA) is 15.7 Å². The third-order valence-corrected chi connectivity index (χ3v) is 4.97. The van der Waals surface area contributed by atoms with E-state index in [-0.39, 0.29) is 5.60 Å². The summed E-state index contributed by atoms with van der Waals surface area (Å²) in [6.45, 7) is 29.5. The predicted molar refractivity (Wildman–Crippen MR) is 124 cm³/mol. The molecule has 0 saturated carbocycles. The Hall–Kier alpha value is -0.120. The van der Waals surface area contributed by atoms with Crippen molar-refractivity contribution in [3.05, 3.63) is 0 Å². The van der Waals surface area contributed by atoms with Gasteiger partial charge in [0, 0.05) is 32.7 Å². The highest BCUT2D eigenvalue weighted by Gasteiger charge is 2.39. The van der Waals surface area contributed by atoms with E-state index in [1.165, 1.54) is 58.4 Å². The number of likely N-dealkylation sites (tertiary alicyclic amines) is 1. The fraction of sp³-hybridized carbons (Fsp3) is 1.00. The summed E-state index contributed by atoms with van der Waals surface area (Å²) >= 11 is 0.